The summed E-state index contributed by atoms with van der Waals surface area (Å²) in [5, 5.41) is 0. The van der Waals surface area contributed by atoms with Gasteiger partial charge in [0, 0.05) is 17.7 Å². The van der Waals surface area contributed by atoms with E-state index >= 15 is 0 Å². The van der Waals surface area contributed by atoms with E-state index in [1.807, 2.05) is 6.08 Å². The Balaban J connectivity index is 1.55. The molecule has 1 aliphatic carbocycles. The molecule has 1 aromatic carbocycles. The minimum atomic E-state index is -4.96. The molecule has 4 aliphatic rings. The van der Waals surface area contributed by atoms with Crippen LogP contribution in [-0.4, -0.2) is 41.9 Å². The lowest BCUT2D eigenvalue weighted by molar-refractivity contribution is -0.143. The summed E-state index contributed by atoms with van der Waals surface area (Å²) in [5.74, 6) is 0. The molecule has 1 aromatic rings. The minimum Gasteiger partial charge on any atom is -0.497 e. The molecular weight excluding hydrogens is 516 g/mol. The molecule has 0 saturated carbocycles. The van der Waals surface area contributed by atoms with Crippen molar-refractivity contribution >= 4 is 6.09 Å². The van der Waals surface area contributed by atoms with Crippen LogP contribution in [0.15, 0.2) is 53.8 Å². The van der Waals surface area contributed by atoms with Crippen molar-refractivity contribution in [2.45, 2.75) is 75.2 Å². The lowest BCUT2D eigenvalue weighted by Gasteiger charge is -2.41. The van der Waals surface area contributed by atoms with E-state index in [0.717, 1.165) is 19.3 Å². The van der Waals surface area contributed by atoms with Crippen LogP contribution in [0, 0.1) is 0 Å². The third-order valence-corrected chi connectivity index (χ3v) is 7.62. The molecule has 2 saturated heterocycles. The highest BCUT2D eigenvalue weighted by Crippen LogP contribution is 2.45. The monoisotopic (exact) mass is 543 g/mol. The number of benzene rings is 1. The highest BCUT2D eigenvalue weighted by molar-refractivity contribution is 5.72. The van der Waals surface area contributed by atoms with E-state index in [0.29, 0.717) is 42.7 Å². The van der Waals surface area contributed by atoms with Crippen molar-refractivity contribution in [3.8, 4) is 0 Å². The molecule has 0 spiro atoms. The number of alkyl halides is 6. The molecule has 3 aliphatic heterocycles. The number of halogens is 6. The van der Waals surface area contributed by atoms with Gasteiger partial charge in [0.05, 0.1) is 29.5 Å². The number of hydrogen-bond acceptors (Lipinski definition) is 4. The van der Waals surface area contributed by atoms with Crippen molar-refractivity contribution in [1.82, 2.24) is 4.90 Å². The number of cyclic esters (lactones) is 1. The molecule has 5 nitrogen and oxygen atoms in total. The van der Waals surface area contributed by atoms with Gasteiger partial charge in [0.2, 0.25) is 0 Å². The Kier molecular flexibility index (Phi) is 6.77. The number of allylic oxidation sites excluding steroid dienone is 1. The first-order valence-electron chi connectivity index (χ1n) is 12.5. The average molecular weight is 544 g/mol. The van der Waals surface area contributed by atoms with Crippen molar-refractivity contribution in [2.75, 3.05) is 13.2 Å². The quantitative estimate of drug-likeness (QED) is 0.294. The first-order chi connectivity index (χ1) is 17.9. The Hall–Kier alpha value is -2.95. The summed E-state index contributed by atoms with van der Waals surface area (Å²) in [6.45, 7) is 2.12. The number of amides is 1. The topological polar surface area (TPSA) is 48.0 Å². The average Bonchev–Trinajstić information content (AvgIpc) is 3.47. The number of ether oxygens (including phenoxy) is 3. The van der Waals surface area contributed by atoms with Gasteiger partial charge in [-0.05, 0) is 68.9 Å². The van der Waals surface area contributed by atoms with Crippen LogP contribution in [0.4, 0.5) is 31.1 Å². The molecule has 1 amide bonds. The fourth-order valence-corrected chi connectivity index (χ4v) is 5.79. The summed E-state index contributed by atoms with van der Waals surface area (Å²) >= 11 is 0. The molecule has 4 atom stereocenters. The van der Waals surface area contributed by atoms with Gasteiger partial charge in [-0.25, -0.2) is 4.79 Å². The zero-order valence-electron chi connectivity index (χ0n) is 20.6. The van der Waals surface area contributed by atoms with E-state index in [1.54, 1.807) is 17.1 Å². The molecule has 0 radical (unpaired) electrons. The second kappa shape index (κ2) is 9.66. The lowest BCUT2D eigenvalue weighted by atomic mass is 9.79. The Bertz CT molecular complexity index is 1150. The summed E-state index contributed by atoms with van der Waals surface area (Å²) < 4.78 is 98.7. The number of carbonyl (C=O) groups excluding carboxylic acids is 1. The van der Waals surface area contributed by atoms with E-state index in [2.05, 4.69) is 0 Å². The van der Waals surface area contributed by atoms with Crippen LogP contribution in [0.2, 0.25) is 0 Å². The minimum absolute atomic E-state index is 0.0834. The highest BCUT2D eigenvalue weighted by Gasteiger charge is 2.49. The van der Waals surface area contributed by atoms with E-state index in [4.69, 9.17) is 14.2 Å². The molecule has 11 heteroatoms. The number of hydrogen-bond donors (Lipinski definition) is 0. The maximum atomic E-state index is 13.5. The number of fused-ring (bicyclic) bond motifs is 1. The zero-order chi connectivity index (χ0) is 27.3. The van der Waals surface area contributed by atoms with Crippen LogP contribution in [-0.2, 0) is 26.6 Å². The number of rotatable bonds is 5. The van der Waals surface area contributed by atoms with Crippen LogP contribution < -0.4 is 0 Å². The van der Waals surface area contributed by atoms with Crippen LogP contribution >= 0.6 is 0 Å². The number of carbonyl (C=O) groups is 1. The highest BCUT2D eigenvalue weighted by atomic mass is 19.4. The van der Waals surface area contributed by atoms with Crippen LogP contribution in [0.3, 0.4) is 0 Å². The van der Waals surface area contributed by atoms with Crippen LogP contribution in [0.1, 0.15) is 61.8 Å². The molecule has 206 valence electrons. The van der Waals surface area contributed by atoms with Crippen molar-refractivity contribution in [1.29, 1.82) is 0 Å². The largest absolute Gasteiger partial charge is 0.497 e. The molecular formula is C27H27F6NO4. The van der Waals surface area contributed by atoms with E-state index in [1.165, 1.54) is 13.2 Å². The van der Waals surface area contributed by atoms with Gasteiger partial charge in [0.15, 0.2) is 0 Å². The van der Waals surface area contributed by atoms with Crippen LogP contribution in [0.5, 0.6) is 0 Å². The first-order valence-corrected chi connectivity index (χ1v) is 12.5. The van der Waals surface area contributed by atoms with Gasteiger partial charge in [-0.2, -0.15) is 26.3 Å². The number of nitrogens with zero attached hydrogens (tertiary/aromatic N) is 1. The Morgan fingerprint density at radius 2 is 1.79 bits per heavy atom. The third-order valence-electron chi connectivity index (χ3n) is 7.62. The van der Waals surface area contributed by atoms with E-state index < -0.39 is 47.4 Å². The normalized spacial score (nSPS) is 28.4. The van der Waals surface area contributed by atoms with Crippen molar-refractivity contribution in [2.24, 2.45) is 0 Å². The Labute approximate surface area is 215 Å². The SMILES string of the molecule is C[C@@H](OC1(C2=C([C@@H]3OC(=O)N4CCCC34)C=COC2)C=CCCC1)c1cc(C(F)(F)F)cc(C(F)(F)F)c1. The van der Waals surface area contributed by atoms with Gasteiger partial charge in [-0.15, -0.1) is 0 Å². The van der Waals surface area contributed by atoms with Crippen molar-refractivity contribution in [3.63, 3.8) is 0 Å². The fraction of sp³-hybridized carbons (Fsp3) is 0.519. The molecule has 38 heavy (non-hydrogen) atoms. The molecule has 2 fully saturated rings. The molecule has 3 heterocycles. The van der Waals surface area contributed by atoms with Crippen molar-refractivity contribution in [3.05, 3.63) is 70.5 Å². The fourth-order valence-electron chi connectivity index (χ4n) is 5.79. The summed E-state index contributed by atoms with van der Waals surface area (Å²) in [7, 11) is 0. The summed E-state index contributed by atoms with van der Waals surface area (Å²) in [6.07, 6.45) is -1.69. The molecule has 0 aromatic heterocycles. The molecule has 0 bridgehead atoms. The van der Waals surface area contributed by atoms with Gasteiger partial charge in [-0.3, -0.25) is 0 Å². The predicted octanol–water partition coefficient (Wildman–Crippen LogP) is 7.10. The summed E-state index contributed by atoms with van der Waals surface area (Å²) in [5.41, 5.74) is -2.85. The second-order valence-electron chi connectivity index (χ2n) is 10.0. The summed E-state index contributed by atoms with van der Waals surface area (Å²) in [4.78, 5) is 14.1. The molecule has 5 rings (SSSR count). The zero-order valence-corrected chi connectivity index (χ0v) is 20.6. The second-order valence-corrected chi connectivity index (χ2v) is 10.0. The predicted molar refractivity (Wildman–Crippen MR) is 124 cm³/mol. The van der Waals surface area contributed by atoms with Crippen LogP contribution in [0.25, 0.3) is 0 Å². The van der Waals surface area contributed by atoms with Gasteiger partial charge in [-0.1, -0.05) is 12.2 Å². The maximum Gasteiger partial charge on any atom is 0.416 e. The third kappa shape index (κ3) is 4.92. The standard InChI is InChI=1S/C27H27F6NO4/c1-16(17-12-18(26(28,29)30)14-19(13-17)27(31,32)33)38-25(8-3-2-4-9-25)21-15-36-11-7-20(21)23-22-6-5-10-34(22)24(35)37-23/h3,7-8,11-14,16,22-23H,2,4-6,9-10,15H2,1H3/t16-,22?,23+,25?/m1/s1. The van der Waals surface area contributed by atoms with Crippen molar-refractivity contribution < 1.29 is 45.3 Å². The first kappa shape index (κ1) is 26.6. The van der Waals surface area contributed by atoms with Gasteiger partial charge >= 0.3 is 18.4 Å². The lowest BCUT2D eigenvalue weighted by Crippen LogP contribution is -2.41. The van der Waals surface area contributed by atoms with E-state index in [9.17, 15) is 31.1 Å². The van der Waals surface area contributed by atoms with Gasteiger partial charge in [0.1, 0.15) is 18.3 Å². The Morgan fingerprint density at radius 1 is 1.08 bits per heavy atom. The van der Waals surface area contributed by atoms with E-state index in [-0.39, 0.29) is 24.3 Å². The summed E-state index contributed by atoms with van der Waals surface area (Å²) in [6, 6.07) is 1.34. The smallest absolute Gasteiger partial charge is 0.416 e. The molecule has 0 N–H and O–H groups in total. The van der Waals surface area contributed by atoms with Gasteiger partial charge in [0.25, 0.3) is 0 Å². The molecule has 2 unspecified atom stereocenters. The van der Waals surface area contributed by atoms with Gasteiger partial charge < -0.3 is 19.1 Å². The maximum absolute atomic E-state index is 13.5. The Morgan fingerprint density at radius 3 is 2.42 bits per heavy atom.